The number of likely N-dealkylation sites (N-methyl/N-ethyl adjacent to an activating group) is 1. The number of furan rings is 1. The highest BCUT2D eigenvalue weighted by molar-refractivity contribution is 5.16. The second-order valence-electron chi connectivity index (χ2n) is 6.19. The van der Waals surface area contributed by atoms with Crippen molar-refractivity contribution in [2.45, 2.75) is 45.8 Å². The van der Waals surface area contributed by atoms with Crippen LogP contribution in [-0.2, 0) is 13.1 Å². The molecule has 1 aliphatic rings. The Balaban J connectivity index is 1.75. The van der Waals surface area contributed by atoms with Crippen LogP contribution < -0.4 is 5.32 Å². The van der Waals surface area contributed by atoms with Gasteiger partial charge in [0.25, 0.3) is 0 Å². The summed E-state index contributed by atoms with van der Waals surface area (Å²) >= 11 is 0. The van der Waals surface area contributed by atoms with Crippen LogP contribution in [0.5, 0.6) is 0 Å². The summed E-state index contributed by atoms with van der Waals surface area (Å²) in [6.45, 7) is 11.0. The zero-order valence-corrected chi connectivity index (χ0v) is 13.2. The van der Waals surface area contributed by atoms with Gasteiger partial charge >= 0.3 is 0 Å². The Morgan fingerprint density at radius 3 is 2.80 bits per heavy atom. The second kappa shape index (κ2) is 7.81. The van der Waals surface area contributed by atoms with Crippen molar-refractivity contribution in [1.82, 2.24) is 15.1 Å². The van der Waals surface area contributed by atoms with E-state index in [1.165, 1.54) is 38.0 Å². The largest absolute Gasteiger partial charge is 0.468 e. The predicted molar refractivity (Wildman–Crippen MR) is 82.7 cm³/mol. The van der Waals surface area contributed by atoms with Crippen molar-refractivity contribution in [3.8, 4) is 0 Å². The van der Waals surface area contributed by atoms with Gasteiger partial charge in [0.05, 0.1) is 12.8 Å². The Labute approximate surface area is 123 Å². The van der Waals surface area contributed by atoms with Crippen LogP contribution in [0, 0.1) is 0 Å². The molecule has 20 heavy (non-hydrogen) atoms. The van der Waals surface area contributed by atoms with Crippen molar-refractivity contribution < 1.29 is 4.42 Å². The summed E-state index contributed by atoms with van der Waals surface area (Å²) in [4.78, 5) is 4.95. The van der Waals surface area contributed by atoms with Crippen molar-refractivity contribution in [1.29, 1.82) is 0 Å². The molecule has 1 aliphatic heterocycles. The fraction of sp³-hybridized carbons (Fsp3) is 0.750. The van der Waals surface area contributed by atoms with Gasteiger partial charge in [-0.15, -0.1) is 0 Å². The minimum atomic E-state index is 0.487. The molecule has 0 aromatic carbocycles. The van der Waals surface area contributed by atoms with Crippen LogP contribution in [-0.4, -0.2) is 49.1 Å². The van der Waals surface area contributed by atoms with E-state index in [1.807, 2.05) is 0 Å². The molecule has 1 aromatic heterocycles. The lowest BCUT2D eigenvalue weighted by Crippen LogP contribution is -2.31. The molecule has 0 unspecified atom stereocenters. The van der Waals surface area contributed by atoms with E-state index in [2.05, 4.69) is 42.1 Å². The Bertz CT molecular complexity index is 383. The molecule has 0 aliphatic carbocycles. The highest BCUT2D eigenvalue weighted by atomic mass is 16.3. The fourth-order valence-electron chi connectivity index (χ4n) is 2.65. The maximum absolute atomic E-state index is 5.59. The zero-order chi connectivity index (χ0) is 14.4. The number of hydrogen-bond donors (Lipinski definition) is 1. The summed E-state index contributed by atoms with van der Waals surface area (Å²) in [6.07, 6.45) is 4.55. The van der Waals surface area contributed by atoms with Crippen molar-refractivity contribution in [3.63, 3.8) is 0 Å². The molecular formula is C16H29N3O. The second-order valence-corrected chi connectivity index (χ2v) is 6.19. The smallest absolute Gasteiger partial charge is 0.122 e. The molecular weight excluding hydrogens is 250 g/mol. The van der Waals surface area contributed by atoms with Gasteiger partial charge in [-0.05, 0) is 39.0 Å². The number of likely N-dealkylation sites (tertiary alicyclic amines) is 1. The first-order valence-electron chi connectivity index (χ1n) is 7.84. The molecule has 0 atom stereocenters. The lowest BCUT2D eigenvalue weighted by Gasteiger charge is -2.21. The minimum absolute atomic E-state index is 0.487. The van der Waals surface area contributed by atoms with E-state index in [-0.39, 0.29) is 0 Å². The molecule has 0 saturated carbocycles. The summed E-state index contributed by atoms with van der Waals surface area (Å²) in [6, 6.07) is 2.59. The molecule has 4 nitrogen and oxygen atoms in total. The number of hydrogen-bond acceptors (Lipinski definition) is 4. The number of rotatable bonds is 8. The molecule has 2 heterocycles. The molecule has 0 spiro atoms. The third kappa shape index (κ3) is 4.93. The van der Waals surface area contributed by atoms with Gasteiger partial charge in [0.2, 0.25) is 0 Å². The van der Waals surface area contributed by atoms with Gasteiger partial charge in [0.15, 0.2) is 0 Å². The summed E-state index contributed by atoms with van der Waals surface area (Å²) in [5, 5.41) is 3.42. The Hall–Kier alpha value is -0.840. The van der Waals surface area contributed by atoms with E-state index in [4.69, 9.17) is 4.42 Å². The van der Waals surface area contributed by atoms with Crippen LogP contribution in [0.4, 0.5) is 0 Å². The van der Waals surface area contributed by atoms with Crippen LogP contribution in [0.15, 0.2) is 16.7 Å². The first-order chi connectivity index (χ1) is 9.65. The normalized spacial score (nSPS) is 16.6. The lowest BCUT2D eigenvalue weighted by molar-refractivity contribution is 0.251. The van der Waals surface area contributed by atoms with Crippen molar-refractivity contribution >= 4 is 0 Å². The van der Waals surface area contributed by atoms with E-state index in [1.54, 1.807) is 6.26 Å². The van der Waals surface area contributed by atoms with Gasteiger partial charge in [-0.1, -0.05) is 13.8 Å². The van der Waals surface area contributed by atoms with Crippen LogP contribution in [0.1, 0.15) is 38.0 Å². The van der Waals surface area contributed by atoms with Crippen LogP contribution in [0.25, 0.3) is 0 Å². The average Bonchev–Trinajstić information content (AvgIpc) is 3.05. The summed E-state index contributed by atoms with van der Waals surface area (Å²) in [7, 11) is 2.20. The third-order valence-corrected chi connectivity index (χ3v) is 3.95. The molecule has 0 radical (unpaired) electrons. The quantitative estimate of drug-likeness (QED) is 0.791. The average molecular weight is 279 g/mol. The van der Waals surface area contributed by atoms with Gasteiger partial charge in [0, 0.05) is 31.2 Å². The highest BCUT2D eigenvalue weighted by Crippen LogP contribution is 2.13. The SMILES string of the molecule is CC(C)NCc1occc1CN(C)CCN1CCCC1. The molecule has 0 bridgehead atoms. The minimum Gasteiger partial charge on any atom is -0.468 e. The first kappa shape index (κ1) is 15.5. The van der Waals surface area contributed by atoms with Gasteiger partial charge in [-0.3, -0.25) is 0 Å². The third-order valence-electron chi connectivity index (χ3n) is 3.95. The number of nitrogens with zero attached hydrogens (tertiary/aromatic N) is 2. The Morgan fingerprint density at radius 1 is 1.35 bits per heavy atom. The maximum Gasteiger partial charge on any atom is 0.122 e. The van der Waals surface area contributed by atoms with Gasteiger partial charge in [0.1, 0.15) is 5.76 Å². The Kier molecular flexibility index (Phi) is 6.07. The molecule has 114 valence electrons. The monoisotopic (exact) mass is 279 g/mol. The van der Waals surface area contributed by atoms with Crippen LogP contribution in [0.2, 0.25) is 0 Å². The van der Waals surface area contributed by atoms with Crippen molar-refractivity contribution in [2.24, 2.45) is 0 Å². The molecule has 1 fully saturated rings. The maximum atomic E-state index is 5.59. The summed E-state index contributed by atoms with van der Waals surface area (Å²) < 4.78 is 5.59. The van der Waals surface area contributed by atoms with E-state index < -0.39 is 0 Å². The van der Waals surface area contributed by atoms with Gasteiger partial charge in [-0.25, -0.2) is 0 Å². The van der Waals surface area contributed by atoms with Crippen molar-refractivity contribution in [2.75, 3.05) is 33.2 Å². The predicted octanol–water partition coefficient (Wildman–Crippen LogP) is 2.31. The molecule has 1 N–H and O–H groups in total. The van der Waals surface area contributed by atoms with Crippen LogP contribution in [0.3, 0.4) is 0 Å². The topological polar surface area (TPSA) is 31.7 Å². The Morgan fingerprint density at radius 2 is 2.10 bits per heavy atom. The van der Waals surface area contributed by atoms with Crippen molar-refractivity contribution in [3.05, 3.63) is 23.7 Å². The zero-order valence-electron chi connectivity index (χ0n) is 13.2. The molecule has 1 aromatic rings. The lowest BCUT2D eigenvalue weighted by atomic mass is 10.2. The first-order valence-corrected chi connectivity index (χ1v) is 7.84. The highest BCUT2D eigenvalue weighted by Gasteiger charge is 2.13. The summed E-state index contributed by atoms with van der Waals surface area (Å²) in [5.41, 5.74) is 1.31. The van der Waals surface area contributed by atoms with Gasteiger partial charge in [-0.2, -0.15) is 0 Å². The fourth-order valence-corrected chi connectivity index (χ4v) is 2.65. The molecule has 0 amide bonds. The molecule has 2 rings (SSSR count). The molecule has 1 saturated heterocycles. The van der Waals surface area contributed by atoms with E-state index in [0.717, 1.165) is 25.4 Å². The summed E-state index contributed by atoms with van der Waals surface area (Å²) in [5.74, 6) is 1.08. The van der Waals surface area contributed by atoms with Gasteiger partial charge < -0.3 is 19.5 Å². The van der Waals surface area contributed by atoms with E-state index in [9.17, 15) is 0 Å². The van der Waals surface area contributed by atoms with Crippen LogP contribution >= 0.6 is 0 Å². The molecule has 4 heteroatoms. The van der Waals surface area contributed by atoms with E-state index in [0.29, 0.717) is 6.04 Å². The standard InChI is InChI=1S/C16H29N3O/c1-14(2)17-12-16-15(6-11-20-16)13-18(3)9-10-19-7-4-5-8-19/h6,11,14,17H,4-5,7-10,12-13H2,1-3H3. The van der Waals surface area contributed by atoms with E-state index >= 15 is 0 Å². The number of nitrogens with one attached hydrogen (secondary N) is 1.